The molecule has 0 saturated heterocycles. The Morgan fingerprint density at radius 3 is 2.29 bits per heavy atom. The third kappa shape index (κ3) is 3.11. The SMILES string of the molecule is CC(C)C(CC(N)=S)c1ccccc1. The third-order valence-corrected chi connectivity index (χ3v) is 2.62. The Labute approximate surface area is 91.3 Å². The van der Waals surface area contributed by atoms with Crippen molar-refractivity contribution in [1.82, 2.24) is 0 Å². The van der Waals surface area contributed by atoms with Gasteiger partial charge in [-0.1, -0.05) is 56.4 Å². The lowest BCUT2D eigenvalue weighted by atomic mass is 9.86. The molecule has 0 fully saturated rings. The van der Waals surface area contributed by atoms with Gasteiger partial charge in [-0.3, -0.25) is 0 Å². The molecule has 0 saturated carbocycles. The van der Waals surface area contributed by atoms with Gasteiger partial charge in [0, 0.05) is 6.42 Å². The molecule has 2 N–H and O–H groups in total. The Bertz CT molecular complexity index is 292. The first-order valence-electron chi connectivity index (χ1n) is 4.94. The summed E-state index contributed by atoms with van der Waals surface area (Å²) in [6.07, 6.45) is 0.803. The third-order valence-electron chi connectivity index (χ3n) is 2.45. The highest BCUT2D eigenvalue weighted by Gasteiger charge is 2.15. The highest BCUT2D eigenvalue weighted by atomic mass is 32.1. The first-order chi connectivity index (χ1) is 6.61. The van der Waals surface area contributed by atoms with Gasteiger partial charge in [0.25, 0.3) is 0 Å². The number of hydrogen-bond acceptors (Lipinski definition) is 1. The minimum Gasteiger partial charge on any atom is -0.393 e. The fraction of sp³-hybridized carbons (Fsp3) is 0.417. The minimum atomic E-state index is 0.452. The topological polar surface area (TPSA) is 26.0 Å². The zero-order chi connectivity index (χ0) is 10.6. The lowest BCUT2D eigenvalue weighted by Crippen LogP contribution is -2.16. The van der Waals surface area contributed by atoms with Gasteiger partial charge in [-0.05, 0) is 17.4 Å². The molecule has 0 aliphatic carbocycles. The Morgan fingerprint density at radius 1 is 1.29 bits per heavy atom. The zero-order valence-corrected chi connectivity index (χ0v) is 9.55. The standard InChI is InChI=1S/C12H17NS/c1-9(2)11(8-12(13)14)10-6-4-3-5-7-10/h3-7,9,11H,8H2,1-2H3,(H2,13,14). The van der Waals surface area contributed by atoms with E-state index in [0.29, 0.717) is 16.8 Å². The maximum Gasteiger partial charge on any atom is 0.0733 e. The molecule has 76 valence electrons. The average molecular weight is 207 g/mol. The van der Waals surface area contributed by atoms with E-state index in [1.165, 1.54) is 5.56 Å². The summed E-state index contributed by atoms with van der Waals surface area (Å²) in [5.74, 6) is 1.02. The summed E-state index contributed by atoms with van der Waals surface area (Å²) in [5.41, 5.74) is 6.93. The lowest BCUT2D eigenvalue weighted by Gasteiger charge is -2.20. The van der Waals surface area contributed by atoms with Crippen LogP contribution < -0.4 is 5.73 Å². The summed E-state index contributed by atoms with van der Waals surface area (Å²) in [5, 5.41) is 0. The van der Waals surface area contributed by atoms with Crippen LogP contribution in [0.4, 0.5) is 0 Å². The molecule has 0 amide bonds. The van der Waals surface area contributed by atoms with E-state index in [2.05, 4.69) is 38.1 Å². The Balaban J connectivity index is 2.83. The fourth-order valence-electron chi connectivity index (χ4n) is 1.66. The summed E-state index contributed by atoms with van der Waals surface area (Å²) >= 11 is 4.97. The Morgan fingerprint density at radius 2 is 1.86 bits per heavy atom. The van der Waals surface area contributed by atoms with E-state index >= 15 is 0 Å². The van der Waals surface area contributed by atoms with E-state index in [1.54, 1.807) is 0 Å². The van der Waals surface area contributed by atoms with Gasteiger partial charge in [0.15, 0.2) is 0 Å². The van der Waals surface area contributed by atoms with E-state index < -0.39 is 0 Å². The molecule has 1 nitrogen and oxygen atoms in total. The molecule has 0 aromatic heterocycles. The first kappa shape index (κ1) is 11.2. The van der Waals surface area contributed by atoms with E-state index in [0.717, 1.165) is 6.42 Å². The van der Waals surface area contributed by atoms with Crippen molar-refractivity contribution in [1.29, 1.82) is 0 Å². The summed E-state index contributed by atoms with van der Waals surface area (Å²) in [4.78, 5) is 0.604. The summed E-state index contributed by atoms with van der Waals surface area (Å²) in [6.45, 7) is 4.41. The van der Waals surface area contributed by atoms with E-state index in [9.17, 15) is 0 Å². The molecular weight excluding hydrogens is 190 g/mol. The predicted molar refractivity (Wildman–Crippen MR) is 65.4 cm³/mol. The van der Waals surface area contributed by atoms with E-state index in [4.69, 9.17) is 18.0 Å². The van der Waals surface area contributed by atoms with Crippen molar-refractivity contribution in [3.05, 3.63) is 35.9 Å². The van der Waals surface area contributed by atoms with Crippen LogP contribution in [0.15, 0.2) is 30.3 Å². The summed E-state index contributed by atoms with van der Waals surface area (Å²) < 4.78 is 0. The van der Waals surface area contributed by atoms with Crippen LogP contribution in [0.5, 0.6) is 0 Å². The largest absolute Gasteiger partial charge is 0.393 e. The van der Waals surface area contributed by atoms with Crippen molar-refractivity contribution < 1.29 is 0 Å². The zero-order valence-electron chi connectivity index (χ0n) is 8.73. The second-order valence-electron chi connectivity index (χ2n) is 3.93. The van der Waals surface area contributed by atoms with Crippen LogP contribution in [0.25, 0.3) is 0 Å². The molecule has 0 heterocycles. The van der Waals surface area contributed by atoms with Crippen LogP contribution in [0, 0.1) is 5.92 Å². The van der Waals surface area contributed by atoms with Crippen LogP contribution in [-0.2, 0) is 0 Å². The van der Waals surface area contributed by atoms with Crippen LogP contribution >= 0.6 is 12.2 Å². The number of benzene rings is 1. The fourth-order valence-corrected chi connectivity index (χ4v) is 1.83. The summed E-state index contributed by atoms with van der Waals surface area (Å²) in [7, 11) is 0. The molecule has 2 heteroatoms. The van der Waals surface area contributed by atoms with Crippen LogP contribution in [0.3, 0.4) is 0 Å². The highest BCUT2D eigenvalue weighted by molar-refractivity contribution is 7.80. The quantitative estimate of drug-likeness (QED) is 0.768. The summed E-state index contributed by atoms with van der Waals surface area (Å²) in [6, 6.07) is 10.4. The second-order valence-corrected chi connectivity index (χ2v) is 4.46. The molecule has 14 heavy (non-hydrogen) atoms. The van der Waals surface area contributed by atoms with Gasteiger partial charge in [-0.25, -0.2) is 0 Å². The molecule has 1 atom stereocenters. The van der Waals surface area contributed by atoms with Gasteiger partial charge >= 0.3 is 0 Å². The molecule has 0 radical (unpaired) electrons. The normalized spacial score (nSPS) is 12.8. The smallest absolute Gasteiger partial charge is 0.0733 e. The molecule has 0 spiro atoms. The number of thiocarbonyl (C=S) groups is 1. The molecule has 1 rings (SSSR count). The monoisotopic (exact) mass is 207 g/mol. The van der Waals surface area contributed by atoms with Crippen LogP contribution in [0.2, 0.25) is 0 Å². The molecule has 0 aliphatic rings. The maximum absolute atomic E-state index is 5.60. The van der Waals surface area contributed by atoms with Gasteiger partial charge in [0.2, 0.25) is 0 Å². The average Bonchev–Trinajstić information content (AvgIpc) is 2.15. The van der Waals surface area contributed by atoms with Gasteiger partial charge in [-0.2, -0.15) is 0 Å². The van der Waals surface area contributed by atoms with Crippen molar-refractivity contribution in [2.24, 2.45) is 11.7 Å². The maximum atomic E-state index is 5.60. The molecule has 1 aromatic rings. The molecule has 0 bridgehead atoms. The van der Waals surface area contributed by atoms with Crippen molar-refractivity contribution in [2.75, 3.05) is 0 Å². The van der Waals surface area contributed by atoms with Crippen LogP contribution in [-0.4, -0.2) is 4.99 Å². The molecular formula is C12H17NS. The predicted octanol–water partition coefficient (Wildman–Crippen LogP) is 3.10. The highest BCUT2D eigenvalue weighted by Crippen LogP contribution is 2.27. The Kier molecular flexibility index (Phi) is 4.08. The van der Waals surface area contributed by atoms with Gasteiger partial charge < -0.3 is 5.73 Å². The van der Waals surface area contributed by atoms with Crippen LogP contribution in [0.1, 0.15) is 31.7 Å². The van der Waals surface area contributed by atoms with E-state index in [-0.39, 0.29) is 0 Å². The number of hydrogen-bond donors (Lipinski definition) is 1. The Hall–Kier alpha value is -0.890. The number of nitrogens with two attached hydrogens (primary N) is 1. The van der Waals surface area contributed by atoms with Crippen molar-refractivity contribution in [3.8, 4) is 0 Å². The molecule has 1 unspecified atom stereocenters. The van der Waals surface area contributed by atoms with Crippen molar-refractivity contribution in [3.63, 3.8) is 0 Å². The minimum absolute atomic E-state index is 0.452. The first-order valence-corrected chi connectivity index (χ1v) is 5.35. The van der Waals surface area contributed by atoms with Gasteiger partial charge in [0.05, 0.1) is 4.99 Å². The molecule has 1 aromatic carbocycles. The lowest BCUT2D eigenvalue weighted by molar-refractivity contribution is 0.512. The van der Waals surface area contributed by atoms with E-state index in [1.807, 2.05) is 6.07 Å². The molecule has 0 aliphatic heterocycles. The second kappa shape index (κ2) is 5.11. The van der Waals surface area contributed by atoms with Crippen molar-refractivity contribution >= 4 is 17.2 Å². The number of rotatable bonds is 4. The van der Waals surface area contributed by atoms with Gasteiger partial charge in [-0.15, -0.1) is 0 Å². The van der Waals surface area contributed by atoms with Gasteiger partial charge in [0.1, 0.15) is 0 Å². The van der Waals surface area contributed by atoms with Crippen molar-refractivity contribution in [2.45, 2.75) is 26.2 Å².